The van der Waals surface area contributed by atoms with Gasteiger partial charge in [0.25, 0.3) is 11.8 Å². The first-order valence-corrected chi connectivity index (χ1v) is 20.1. The zero-order chi connectivity index (χ0) is 46.5. The van der Waals surface area contributed by atoms with Crippen LogP contribution in [0.15, 0.2) is 36.4 Å². The van der Waals surface area contributed by atoms with E-state index in [1.807, 2.05) is 36.4 Å². The molecule has 0 saturated heterocycles. The fraction of sp³-hybridized carbons (Fsp3) is 0.500. The monoisotopic (exact) mass is 880 g/mol. The van der Waals surface area contributed by atoms with Gasteiger partial charge >= 0.3 is 35.8 Å². The van der Waals surface area contributed by atoms with Gasteiger partial charge < -0.3 is 61.3 Å². The largest absolute Gasteiger partial charge is 0.481 e. The average molecular weight is 881 g/mol. The van der Waals surface area contributed by atoms with E-state index >= 15 is 0 Å². The van der Waals surface area contributed by atoms with Gasteiger partial charge in [0, 0.05) is 44.4 Å². The van der Waals surface area contributed by atoms with Crippen LogP contribution >= 0.6 is 11.3 Å². The molecule has 2 aromatic carbocycles. The summed E-state index contributed by atoms with van der Waals surface area (Å²) in [4.78, 5) is 91.2. The minimum Gasteiger partial charge on any atom is -0.481 e. The van der Waals surface area contributed by atoms with Crippen molar-refractivity contribution in [2.24, 2.45) is 0 Å². The van der Waals surface area contributed by atoms with E-state index in [1.54, 1.807) is 11.3 Å². The molecule has 0 atom stereocenters. The van der Waals surface area contributed by atoms with Gasteiger partial charge in [0.1, 0.15) is 0 Å². The number of rotatable bonds is 24. The Labute approximate surface area is 355 Å². The summed E-state index contributed by atoms with van der Waals surface area (Å²) >= 11 is 1.69. The predicted octanol–water partition coefficient (Wildman–Crippen LogP) is 2.48. The highest BCUT2D eigenvalue weighted by atomic mass is 32.1. The number of hydrogen-bond donors (Lipinski definition) is 10. The first-order valence-electron chi connectivity index (χ1n) is 19.3. The molecule has 1 heterocycles. The summed E-state index contributed by atoms with van der Waals surface area (Å²) < 4.78 is 2.24. The van der Waals surface area contributed by atoms with E-state index in [1.165, 1.54) is 0 Å². The normalized spacial score (nSPS) is 11.3. The van der Waals surface area contributed by atoms with Crippen LogP contribution in [0.5, 0.6) is 0 Å². The van der Waals surface area contributed by atoms with Crippen molar-refractivity contribution in [3.63, 3.8) is 0 Å². The molecule has 3 aromatic rings. The smallest absolute Gasteiger partial charge is 0.336 e. The molecular weight excluding hydrogens is 825 g/mol. The maximum absolute atomic E-state index is 12.8. The number of thiophene rings is 1. The van der Waals surface area contributed by atoms with Crippen LogP contribution in [0.25, 0.3) is 20.2 Å². The summed E-state index contributed by atoms with van der Waals surface area (Å²) in [6, 6.07) is 11.7. The summed E-state index contributed by atoms with van der Waals surface area (Å²) in [5, 5.41) is 75.8. The number of nitrogens with one attached hydrogen (secondary N) is 2. The summed E-state index contributed by atoms with van der Waals surface area (Å²) in [5.74, 6) is -10.1. The number of carboxylic acid groups (broad SMARTS) is 6. The van der Waals surface area contributed by atoms with Crippen molar-refractivity contribution in [3.05, 3.63) is 47.5 Å². The molecule has 0 saturated carbocycles. The Morgan fingerprint density at radius 2 is 0.820 bits per heavy atom. The molecule has 0 aliphatic rings. The van der Waals surface area contributed by atoms with Gasteiger partial charge in [-0.3, -0.25) is 28.8 Å². The molecule has 3 rings (SSSR count). The number of amides is 2. The molecule has 0 radical (unpaired) electrons. The second-order valence-electron chi connectivity index (χ2n) is 13.8. The quantitative estimate of drug-likeness (QED) is 0.0578. The number of hydrogen-bond acceptors (Lipinski definition) is 13. The summed E-state index contributed by atoms with van der Waals surface area (Å²) in [5.41, 5.74) is -4.16. The van der Waals surface area contributed by atoms with Gasteiger partial charge in [-0.25, -0.2) is 9.59 Å². The number of aliphatic carboxylic acids is 6. The first-order chi connectivity index (χ1) is 28.6. The Kier molecular flexibility index (Phi) is 22.5. The molecule has 2 amide bonds. The lowest BCUT2D eigenvalue weighted by Crippen LogP contribution is -2.42. The van der Waals surface area contributed by atoms with Gasteiger partial charge in [0.2, 0.25) is 0 Å². The molecule has 20 nitrogen and oxygen atoms in total. The van der Waals surface area contributed by atoms with Gasteiger partial charge in [0.05, 0.1) is 25.7 Å². The Morgan fingerprint density at radius 3 is 1.07 bits per heavy atom. The van der Waals surface area contributed by atoms with Crippen molar-refractivity contribution in [2.75, 3.05) is 52.4 Å². The minimum atomic E-state index is -2.74. The van der Waals surface area contributed by atoms with Crippen LogP contribution < -0.4 is 10.6 Å². The molecule has 0 fully saturated rings. The topological polar surface area (TPSA) is 329 Å². The maximum atomic E-state index is 12.8. The van der Waals surface area contributed by atoms with Crippen molar-refractivity contribution in [1.82, 2.24) is 20.4 Å². The van der Waals surface area contributed by atoms with Crippen LogP contribution in [-0.4, -0.2) is 162 Å². The highest BCUT2D eigenvalue weighted by molar-refractivity contribution is 7.25. The molecular formula is C40H56N4O16S. The Hall–Kier alpha value is -5.74. The predicted molar refractivity (Wildman–Crippen MR) is 223 cm³/mol. The number of benzene rings is 2. The number of carbonyl (C=O) groups is 8. The molecule has 0 aliphatic heterocycles. The fourth-order valence-electron chi connectivity index (χ4n) is 5.78. The van der Waals surface area contributed by atoms with Gasteiger partial charge in [-0.1, -0.05) is 27.7 Å². The van der Waals surface area contributed by atoms with Gasteiger partial charge in [0.15, 0.2) is 11.2 Å². The zero-order valence-electron chi connectivity index (χ0n) is 34.5. The molecule has 0 unspecified atom stereocenters. The molecule has 0 spiro atoms. The van der Waals surface area contributed by atoms with Gasteiger partial charge in [-0.05, 0) is 88.5 Å². The lowest BCUT2D eigenvalue weighted by Gasteiger charge is -2.18. The van der Waals surface area contributed by atoms with Crippen LogP contribution in [0.2, 0.25) is 0 Å². The zero-order valence-corrected chi connectivity index (χ0v) is 35.3. The molecule has 61 heavy (non-hydrogen) atoms. The first kappa shape index (κ1) is 53.3. The number of carboxylic acids is 6. The van der Waals surface area contributed by atoms with Crippen LogP contribution in [-0.2, 0) is 28.8 Å². The lowest BCUT2D eigenvalue weighted by molar-refractivity contribution is -0.170. The van der Waals surface area contributed by atoms with Crippen molar-refractivity contribution in [3.8, 4) is 0 Å². The Bertz CT molecular complexity index is 1820. The molecule has 0 aliphatic carbocycles. The lowest BCUT2D eigenvalue weighted by atomic mass is 9.96. The second-order valence-corrected chi connectivity index (χ2v) is 14.8. The van der Waals surface area contributed by atoms with Crippen molar-refractivity contribution in [1.29, 1.82) is 0 Å². The van der Waals surface area contributed by atoms with E-state index in [-0.39, 0.29) is 11.8 Å². The van der Waals surface area contributed by atoms with Gasteiger partial charge in [-0.15, -0.1) is 11.3 Å². The number of aliphatic hydroxyl groups is 2. The highest BCUT2D eigenvalue weighted by Gasteiger charge is 2.41. The Morgan fingerprint density at radius 1 is 0.525 bits per heavy atom. The second kappa shape index (κ2) is 25.8. The van der Waals surface area contributed by atoms with Gasteiger partial charge in [-0.2, -0.15) is 0 Å². The molecule has 21 heteroatoms. The summed E-state index contributed by atoms with van der Waals surface area (Å²) in [6.45, 7) is 16.1. The summed E-state index contributed by atoms with van der Waals surface area (Å²) in [6.07, 6.45) is -2.71. The average Bonchev–Trinajstić information content (AvgIpc) is 3.54. The molecule has 0 bridgehead atoms. The van der Waals surface area contributed by atoms with Crippen molar-refractivity contribution in [2.45, 2.75) is 77.4 Å². The SMILES string of the molecule is CCN(CC)CCCNC(=O)c1ccc2sc3ccc(C(=O)NCCCN(CC)CC)cc3c2c1.O=C(O)CC(O)(CC(=O)O)C(=O)O.O=C(O)CC(O)(CC(=O)O)C(=O)O. The third kappa shape index (κ3) is 18.2. The van der Waals surface area contributed by atoms with E-state index in [0.29, 0.717) is 24.2 Å². The van der Waals surface area contributed by atoms with E-state index in [4.69, 9.17) is 40.9 Å². The molecule has 338 valence electrons. The highest BCUT2D eigenvalue weighted by Crippen LogP contribution is 2.35. The van der Waals surface area contributed by atoms with Crippen molar-refractivity contribution >= 4 is 79.1 Å². The fourth-order valence-corrected chi connectivity index (χ4v) is 6.85. The van der Waals surface area contributed by atoms with Crippen LogP contribution in [0, 0.1) is 0 Å². The van der Waals surface area contributed by atoms with E-state index in [2.05, 4.69) is 48.1 Å². The molecule has 1 aromatic heterocycles. The number of nitrogens with zero attached hydrogens (tertiary/aromatic N) is 2. The maximum Gasteiger partial charge on any atom is 0.336 e. The molecule has 10 N–H and O–H groups in total. The number of carbonyl (C=O) groups excluding carboxylic acids is 2. The van der Waals surface area contributed by atoms with Crippen LogP contribution in [0.1, 0.15) is 86.9 Å². The van der Waals surface area contributed by atoms with Crippen molar-refractivity contribution < 1.29 is 79.2 Å². The third-order valence-electron chi connectivity index (χ3n) is 9.23. The minimum absolute atomic E-state index is 0.0482. The van der Waals surface area contributed by atoms with E-state index in [9.17, 15) is 38.4 Å². The summed E-state index contributed by atoms with van der Waals surface area (Å²) in [7, 11) is 0. The standard InChI is InChI=1S/C28H40N4O2S.2C6H8O7/c1-5-31(6-2)17-9-15-29-27(33)21-11-13-25-23(19-21)24-20-22(12-14-26(24)35-25)28(34)30-16-10-18-32(7-3)8-4;2*7-3(8)1-6(13,5(11)12)2-4(9)10/h11-14,19-20H,5-10,15-18H2,1-4H3,(H,29,33)(H,30,34);2*13H,1-2H2,(H,7,8)(H,9,10)(H,11,12). The van der Waals surface area contributed by atoms with Crippen LogP contribution in [0.4, 0.5) is 0 Å². The van der Waals surface area contributed by atoms with E-state index in [0.717, 1.165) is 72.3 Å². The Balaban J connectivity index is 0.000000587. The third-order valence-corrected chi connectivity index (χ3v) is 10.4. The number of fused-ring (bicyclic) bond motifs is 3. The van der Waals surface area contributed by atoms with Crippen LogP contribution in [0.3, 0.4) is 0 Å². The van der Waals surface area contributed by atoms with E-state index < -0.39 is 72.7 Å².